The van der Waals surface area contributed by atoms with E-state index in [0.29, 0.717) is 36.1 Å². The van der Waals surface area contributed by atoms with Crippen molar-refractivity contribution in [1.82, 2.24) is 4.31 Å². The molecule has 0 N–H and O–H groups in total. The first-order chi connectivity index (χ1) is 13.7. The first-order valence-electron chi connectivity index (χ1n) is 9.65. The normalized spacial score (nSPS) is 25.1. The van der Waals surface area contributed by atoms with Crippen LogP contribution in [0.1, 0.15) is 43.0 Å². The molecule has 29 heavy (non-hydrogen) atoms. The van der Waals surface area contributed by atoms with Crippen LogP contribution in [0.4, 0.5) is 0 Å². The molecule has 2 aliphatic heterocycles. The Bertz CT molecular complexity index is 1110. The van der Waals surface area contributed by atoms with E-state index in [2.05, 4.69) is 0 Å². The molecule has 4 rings (SSSR count). The van der Waals surface area contributed by atoms with E-state index >= 15 is 0 Å². The molecule has 0 amide bonds. The second kappa shape index (κ2) is 7.34. The standard InChI is InChI=1S/C21H23NO5S2/c1-15(23)16-7-11-20(12-8-16)29(26,27)22-17-9-10-18(22)14-21(13-17)28(24,25)19-5-3-2-4-6-19/h2-8,11-12,17-18,21H,9-10,13-14H2,1H3. The van der Waals surface area contributed by atoms with Crippen LogP contribution >= 0.6 is 0 Å². The van der Waals surface area contributed by atoms with Gasteiger partial charge in [0.25, 0.3) is 0 Å². The van der Waals surface area contributed by atoms with Gasteiger partial charge in [-0.25, -0.2) is 16.8 Å². The van der Waals surface area contributed by atoms with E-state index in [4.69, 9.17) is 0 Å². The van der Waals surface area contributed by atoms with Crippen molar-refractivity contribution in [2.24, 2.45) is 0 Å². The van der Waals surface area contributed by atoms with Gasteiger partial charge in [-0.15, -0.1) is 0 Å². The highest BCUT2D eigenvalue weighted by Gasteiger charge is 2.50. The van der Waals surface area contributed by atoms with Gasteiger partial charge in [-0.05, 0) is 56.9 Å². The molecule has 2 aliphatic rings. The van der Waals surface area contributed by atoms with E-state index in [-0.39, 0.29) is 22.8 Å². The minimum absolute atomic E-state index is 0.124. The van der Waals surface area contributed by atoms with Gasteiger partial charge < -0.3 is 0 Å². The maximum Gasteiger partial charge on any atom is 0.243 e. The van der Waals surface area contributed by atoms with Gasteiger partial charge in [-0.3, -0.25) is 4.79 Å². The number of hydrogen-bond donors (Lipinski definition) is 0. The number of carbonyl (C=O) groups excluding carboxylic acids is 1. The van der Waals surface area contributed by atoms with Crippen LogP contribution in [-0.2, 0) is 19.9 Å². The second-order valence-electron chi connectivity index (χ2n) is 7.75. The summed E-state index contributed by atoms with van der Waals surface area (Å²) in [5, 5.41) is -0.575. The molecule has 6 nitrogen and oxygen atoms in total. The van der Waals surface area contributed by atoms with E-state index in [0.717, 1.165) is 0 Å². The van der Waals surface area contributed by atoms with Gasteiger partial charge >= 0.3 is 0 Å². The van der Waals surface area contributed by atoms with Crippen molar-refractivity contribution in [3.05, 3.63) is 60.2 Å². The summed E-state index contributed by atoms with van der Waals surface area (Å²) in [5.74, 6) is -0.124. The van der Waals surface area contributed by atoms with Crippen molar-refractivity contribution in [2.45, 2.75) is 59.7 Å². The summed E-state index contributed by atoms with van der Waals surface area (Å²) >= 11 is 0. The van der Waals surface area contributed by atoms with Gasteiger partial charge in [0.2, 0.25) is 10.0 Å². The van der Waals surface area contributed by atoms with E-state index in [1.807, 2.05) is 0 Å². The average molecular weight is 434 g/mol. The van der Waals surface area contributed by atoms with Gasteiger partial charge in [0.1, 0.15) is 0 Å². The lowest BCUT2D eigenvalue weighted by molar-refractivity contribution is 0.101. The highest BCUT2D eigenvalue weighted by atomic mass is 32.2. The topological polar surface area (TPSA) is 88.6 Å². The number of Topliss-reactive ketones (excluding diaryl/α,β-unsaturated/α-hetero) is 1. The molecule has 154 valence electrons. The molecule has 2 unspecified atom stereocenters. The number of nitrogens with zero attached hydrogens (tertiary/aromatic N) is 1. The van der Waals surface area contributed by atoms with Gasteiger partial charge in [0.15, 0.2) is 15.6 Å². The van der Waals surface area contributed by atoms with Crippen LogP contribution in [0.15, 0.2) is 64.4 Å². The van der Waals surface area contributed by atoms with Gasteiger partial charge in [-0.1, -0.05) is 30.3 Å². The number of piperidine rings is 1. The summed E-state index contributed by atoms with van der Waals surface area (Å²) in [5.41, 5.74) is 0.458. The van der Waals surface area contributed by atoms with Crippen LogP contribution in [0.5, 0.6) is 0 Å². The van der Waals surface area contributed by atoms with E-state index in [1.54, 1.807) is 30.3 Å². The van der Waals surface area contributed by atoms with E-state index in [1.165, 1.54) is 35.5 Å². The SMILES string of the molecule is CC(=O)c1ccc(S(=O)(=O)N2C3CCC2CC(S(=O)(=O)c2ccccc2)C3)cc1. The van der Waals surface area contributed by atoms with Crippen LogP contribution in [0.25, 0.3) is 0 Å². The maximum atomic E-state index is 13.2. The molecular formula is C21H23NO5S2. The predicted octanol–water partition coefficient (Wildman–Crippen LogP) is 3.05. The molecule has 0 aromatic heterocycles. The maximum absolute atomic E-state index is 13.2. The Morgan fingerprint density at radius 1 is 0.828 bits per heavy atom. The van der Waals surface area contributed by atoms with E-state index in [9.17, 15) is 21.6 Å². The molecule has 2 saturated heterocycles. The lowest BCUT2D eigenvalue weighted by Gasteiger charge is -2.37. The van der Waals surface area contributed by atoms with Crippen molar-refractivity contribution in [1.29, 1.82) is 0 Å². The number of sulfonamides is 1. The number of benzene rings is 2. The predicted molar refractivity (Wildman–Crippen MR) is 109 cm³/mol. The molecule has 2 aromatic rings. The molecular weight excluding hydrogens is 410 g/mol. The van der Waals surface area contributed by atoms with Crippen molar-refractivity contribution >= 4 is 25.6 Å². The lowest BCUT2D eigenvalue weighted by atomic mass is 10.1. The molecule has 2 bridgehead atoms. The zero-order valence-corrected chi connectivity index (χ0v) is 17.7. The van der Waals surface area contributed by atoms with Gasteiger partial charge in [-0.2, -0.15) is 4.31 Å². The Hall–Kier alpha value is -2.03. The third-order valence-corrected chi connectivity index (χ3v) is 10.2. The van der Waals surface area contributed by atoms with Crippen molar-refractivity contribution in [3.63, 3.8) is 0 Å². The van der Waals surface area contributed by atoms with E-state index < -0.39 is 25.1 Å². The number of carbonyl (C=O) groups is 1. The summed E-state index contributed by atoms with van der Waals surface area (Å²) in [6.07, 6.45) is 1.93. The lowest BCUT2D eigenvalue weighted by Crippen LogP contribution is -2.49. The third-order valence-electron chi connectivity index (χ3n) is 5.97. The van der Waals surface area contributed by atoms with Crippen LogP contribution in [0.3, 0.4) is 0 Å². The number of rotatable bonds is 5. The van der Waals surface area contributed by atoms with Crippen LogP contribution < -0.4 is 0 Å². The van der Waals surface area contributed by atoms with Crippen LogP contribution in [0, 0.1) is 0 Å². The van der Waals surface area contributed by atoms with Gasteiger partial charge in [0.05, 0.1) is 15.0 Å². The average Bonchev–Trinajstić information content (AvgIpc) is 2.99. The largest absolute Gasteiger partial charge is 0.295 e. The third kappa shape index (κ3) is 3.53. The fraction of sp³-hybridized carbons (Fsp3) is 0.381. The number of fused-ring (bicyclic) bond motifs is 2. The van der Waals surface area contributed by atoms with Crippen LogP contribution in [-0.4, -0.2) is 44.3 Å². The fourth-order valence-electron chi connectivity index (χ4n) is 4.52. The first-order valence-corrected chi connectivity index (χ1v) is 12.6. The zero-order valence-electron chi connectivity index (χ0n) is 16.1. The van der Waals surface area contributed by atoms with Crippen LogP contribution in [0.2, 0.25) is 0 Å². The molecule has 0 radical (unpaired) electrons. The van der Waals surface area contributed by atoms with Gasteiger partial charge in [0, 0.05) is 17.6 Å². The molecule has 8 heteroatoms. The minimum Gasteiger partial charge on any atom is -0.295 e. The van der Waals surface area contributed by atoms with Crippen molar-refractivity contribution in [2.75, 3.05) is 0 Å². The molecule has 2 heterocycles. The summed E-state index contributed by atoms with van der Waals surface area (Å²) in [6.45, 7) is 1.43. The Labute approximate surface area is 171 Å². The first kappa shape index (κ1) is 20.3. The zero-order chi connectivity index (χ0) is 20.8. The molecule has 0 spiro atoms. The molecule has 2 atom stereocenters. The summed E-state index contributed by atoms with van der Waals surface area (Å²) < 4.78 is 54.1. The quantitative estimate of drug-likeness (QED) is 0.676. The fourth-order valence-corrected chi connectivity index (χ4v) is 8.28. The number of hydrogen-bond acceptors (Lipinski definition) is 5. The summed E-state index contributed by atoms with van der Waals surface area (Å²) in [4.78, 5) is 11.9. The molecule has 2 fully saturated rings. The Morgan fingerprint density at radius 2 is 1.38 bits per heavy atom. The molecule has 0 aliphatic carbocycles. The molecule has 2 aromatic carbocycles. The summed E-state index contributed by atoms with van der Waals surface area (Å²) in [6, 6.07) is 13.7. The Kier molecular flexibility index (Phi) is 5.13. The summed E-state index contributed by atoms with van der Waals surface area (Å²) in [7, 11) is -7.24. The Balaban J connectivity index is 1.60. The van der Waals surface area contributed by atoms with Crippen molar-refractivity contribution in [3.8, 4) is 0 Å². The Morgan fingerprint density at radius 3 is 1.90 bits per heavy atom. The highest BCUT2D eigenvalue weighted by molar-refractivity contribution is 7.92. The number of ketones is 1. The highest BCUT2D eigenvalue weighted by Crippen LogP contribution is 2.42. The number of sulfone groups is 1. The van der Waals surface area contributed by atoms with Crippen molar-refractivity contribution < 1.29 is 21.6 Å². The smallest absolute Gasteiger partial charge is 0.243 e. The monoisotopic (exact) mass is 433 g/mol. The second-order valence-corrected chi connectivity index (χ2v) is 11.8. The minimum atomic E-state index is -3.75. The molecule has 0 saturated carbocycles.